The maximum Gasteiger partial charge on any atom is 0.232 e. The summed E-state index contributed by atoms with van der Waals surface area (Å²) in [6, 6.07) is 6.87. The maximum atomic E-state index is 11.4. The highest BCUT2D eigenvalue weighted by molar-refractivity contribution is 7.92. The Morgan fingerprint density at radius 3 is 2.36 bits per heavy atom. The van der Waals surface area contributed by atoms with E-state index in [2.05, 4.69) is 17.4 Å². The van der Waals surface area contributed by atoms with Gasteiger partial charge in [0.05, 0.1) is 5.75 Å². The summed E-state index contributed by atoms with van der Waals surface area (Å²) in [4.78, 5) is 0.809. The van der Waals surface area contributed by atoms with Crippen LogP contribution in [0.5, 0.6) is 0 Å². The third kappa shape index (κ3) is 3.59. The molecule has 0 spiro atoms. The van der Waals surface area contributed by atoms with Crippen LogP contribution in [0.2, 0.25) is 0 Å². The smallest absolute Gasteiger partial charge is 0.232 e. The second-order valence-electron chi connectivity index (χ2n) is 2.97. The standard InChI is InChI=1S/C9H13NO2S2/c1-2-7-14(11,12)10-8-3-5-9(13)6-4-8/h3-6,10,13H,2,7H2,1H3. The van der Waals surface area contributed by atoms with Gasteiger partial charge >= 0.3 is 0 Å². The van der Waals surface area contributed by atoms with Crippen LogP contribution in [0.4, 0.5) is 5.69 Å². The van der Waals surface area contributed by atoms with Crippen molar-refractivity contribution in [3.05, 3.63) is 24.3 Å². The fraction of sp³-hybridized carbons (Fsp3) is 0.333. The quantitative estimate of drug-likeness (QED) is 0.780. The second kappa shape index (κ2) is 4.70. The van der Waals surface area contributed by atoms with Gasteiger partial charge in [0.25, 0.3) is 0 Å². The molecule has 1 rings (SSSR count). The summed E-state index contributed by atoms with van der Waals surface area (Å²) in [6.07, 6.45) is 0.611. The summed E-state index contributed by atoms with van der Waals surface area (Å²) in [5, 5.41) is 0. The molecule has 0 fully saturated rings. The lowest BCUT2D eigenvalue weighted by atomic mass is 10.3. The minimum absolute atomic E-state index is 0.148. The van der Waals surface area contributed by atoms with Crippen molar-refractivity contribution >= 4 is 28.3 Å². The second-order valence-corrected chi connectivity index (χ2v) is 5.33. The normalized spacial score (nSPS) is 11.3. The van der Waals surface area contributed by atoms with Gasteiger partial charge in [-0.25, -0.2) is 8.42 Å². The highest BCUT2D eigenvalue weighted by Gasteiger charge is 2.07. The first-order valence-corrected chi connectivity index (χ1v) is 6.43. The topological polar surface area (TPSA) is 46.2 Å². The minimum atomic E-state index is -3.17. The van der Waals surface area contributed by atoms with E-state index in [1.54, 1.807) is 24.3 Å². The summed E-state index contributed by atoms with van der Waals surface area (Å²) in [7, 11) is -3.17. The molecule has 0 aliphatic rings. The molecule has 78 valence electrons. The van der Waals surface area contributed by atoms with Gasteiger partial charge in [0.15, 0.2) is 0 Å². The summed E-state index contributed by atoms with van der Waals surface area (Å²) in [5.74, 6) is 0.148. The molecule has 0 aliphatic carbocycles. The highest BCUT2D eigenvalue weighted by Crippen LogP contribution is 2.13. The molecule has 0 aromatic heterocycles. The van der Waals surface area contributed by atoms with Crippen LogP contribution in [-0.4, -0.2) is 14.2 Å². The van der Waals surface area contributed by atoms with E-state index in [1.807, 2.05) is 6.92 Å². The van der Waals surface area contributed by atoms with Crippen LogP contribution in [0, 0.1) is 0 Å². The molecule has 0 saturated heterocycles. The van der Waals surface area contributed by atoms with Gasteiger partial charge in [-0.3, -0.25) is 4.72 Å². The summed E-state index contributed by atoms with van der Waals surface area (Å²) < 4.78 is 25.2. The van der Waals surface area contributed by atoms with Gasteiger partial charge in [-0.15, -0.1) is 12.6 Å². The largest absolute Gasteiger partial charge is 0.284 e. The average molecular weight is 231 g/mol. The summed E-state index contributed by atoms with van der Waals surface area (Å²) in [5.41, 5.74) is 0.580. The van der Waals surface area contributed by atoms with Crippen molar-refractivity contribution in [2.75, 3.05) is 10.5 Å². The predicted octanol–water partition coefficient (Wildman–Crippen LogP) is 2.13. The van der Waals surface area contributed by atoms with E-state index in [9.17, 15) is 8.42 Å². The summed E-state index contributed by atoms with van der Waals surface area (Å²) >= 11 is 4.11. The molecule has 3 nitrogen and oxygen atoms in total. The highest BCUT2D eigenvalue weighted by atomic mass is 32.2. The van der Waals surface area contributed by atoms with Gasteiger partial charge in [0.1, 0.15) is 0 Å². The number of benzene rings is 1. The summed E-state index contributed by atoms with van der Waals surface area (Å²) in [6.45, 7) is 1.83. The molecule has 0 saturated carbocycles. The minimum Gasteiger partial charge on any atom is -0.284 e. The van der Waals surface area contributed by atoms with E-state index in [1.165, 1.54) is 0 Å². The zero-order valence-corrected chi connectivity index (χ0v) is 9.61. The lowest BCUT2D eigenvalue weighted by Crippen LogP contribution is -2.15. The average Bonchev–Trinajstić information content (AvgIpc) is 2.08. The lowest BCUT2D eigenvalue weighted by molar-refractivity contribution is 0.600. The van der Waals surface area contributed by atoms with Crippen molar-refractivity contribution in [3.8, 4) is 0 Å². The molecule has 0 radical (unpaired) electrons. The third-order valence-corrected chi connectivity index (χ3v) is 3.40. The molecule has 1 aromatic carbocycles. The fourth-order valence-electron chi connectivity index (χ4n) is 1.03. The van der Waals surface area contributed by atoms with Crippen molar-refractivity contribution in [3.63, 3.8) is 0 Å². The van der Waals surface area contributed by atoms with Crippen LogP contribution >= 0.6 is 12.6 Å². The molecular formula is C9H13NO2S2. The third-order valence-electron chi connectivity index (χ3n) is 1.61. The van der Waals surface area contributed by atoms with E-state index in [0.29, 0.717) is 12.1 Å². The van der Waals surface area contributed by atoms with Gasteiger partial charge in [-0.2, -0.15) is 0 Å². The van der Waals surface area contributed by atoms with Crippen molar-refractivity contribution < 1.29 is 8.42 Å². The Labute approximate surface area is 90.0 Å². The Bertz CT molecular complexity index is 384. The van der Waals surface area contributed by atoms with E-state index in [0.717, 1.165) is 4.90 Å². The number of thiol groups is 1. The predicted molar refractivity (Wildman–Crippen MR) is 61.4 cm³/mol. The zero-order valence-electron chi connectivity index (χ0n) is 7.90. The van der Waals surface area contributed by atoms with Crippen LogP contribution in [0.25, 0.3) is 0 Å². The van der Waals surface area contributed by atoms with E-state index < -0.39 is 10.0 Å². The molecule has 1 aromatic rings. The Morgan fingerprint density at radius 1 is 1.29 bits per heavy atom. The first kappa shape index (κ1) is 11.4. The van der Waals surface area contributed by atoms with Crippen LogP contribution < -0.4 is 4.72 Å². The number of hydrogen-bond donors (Lipinski definition) is 2. The van der Waals surface area contributed by atoms with Crippen molar-refractivity contribution in [2.45, 2.75) is 18.2 Å². The van der Waals surface area contributed by atoms with E-state index in [-0.39, 0.29) is 5.75 Å². The molecule has 14 heavy (non-hydrogen) atoms. The molecule has 0 unspecified atom stereocenters. The molecule has 1 N–H and O–H groups in total. The molecule has 0 heterocycles. The van der Waals surface area contributed by atoms with Crippen LogP contribution in [-0.2, 0) is 10.0 Å². The van der Waals surface area contributed by atoms with Crippen molar-refractivity contribution in [1.82, 2.24) is 0 Å². The number of nitrogens with one attached hydrogen (secondary N) is 1. The molecule has 0 amide bonds. The van der Waals surface area contributed by atoms with Gasteiger partial charge in [0.2, 0.25) is 10.0 Å². The van der Waals surface area contributed by atoms with Gasteiger partial charge in [0, 0.05) is 10.6 Å². The van der Waals surface area contributed by atoms with Crippen LogP contribution in [0.15, 0.2) is 29.2 Å². The fourth-order valence-corrected chi connectivity index (χ4v) is 2.31. The molecule has 0 bridgehead atoms. The molecular weight excluding hydrogens is 218 g/mol. The Morgan fingerprint density at radius 2 is 1.86 bits per heavy atom. The molecule has 0 aliphatic heterocycles. The number of rotatable bonds is 4. The molecule has 0 atom stereocenters. The van der Waals surface area contributed by atoms with Gasteiger partial charge in [-0.05, 0) is 30.7 Å². The number of hydrogen-bond acceptors (Lipinski definition) is 3. The zero-order chi connectivity index (χ0) is 10.6. The molecule has 5 heteroatoms. The Balaban J connectivity index is 2.74. The number of anilines is 1. The van der Waals surface area contributed by atoms with Crippen molar-refractivity contribution in [2.24, 2.45) is 0 Å². The Hall–Kier alpha value is -0.680. The van der Waals surface area contributed by atoms with Crippen molar-refractivity contribution in [1.29, 1.82) is 0 Å². The van der Waals surface area contributed by atoms with E-state index >= 15 is 0 Å². The van der Waals surface area contributed by atoms with Crippen LogP contribution in [0.3, 0.4) is 0 Å². The monoisotopic (exact) mass is 231 g/mol. The first-order valence-electron chi connectivity index (χ1n) is 4.33. The lowest BCUT2D eigenvalue weighted by Gasteiger charge is -2.06. The van der Waals surface area contributed by atoms with Gasteiger partial charge in [-0.1, -0.05) is 6.92 Å². The first-order chi connectivity index (χ1) is 6.53. The SMILES string of the molecule is CCCS(=O)(=O)Nc1ccc(S)cc1. The maximum absolute atomic E-state index is 11.4. The van der Waals surface area contributed by atoms with Crippen LogP contribution in [0.1, 0.15) is 13.3 Å². The van der Waals surface area contributed by atoms with E-state index in [4.69, 9.17) is 0 Å². The number of sulfonamides is 1. The Kier molecular flexibility index (Phi) is 3.83. The van der Waals surface area contributed by atoms with Gasteiger partial charge < -0.3 is 0 Å².